The summed E-state index contributed by atoms with van der Waals surface area (Å²) in [4.78, 5) is 8.92. The van der Waals surface area contributed by atoms with Gasteiger partial charge >= 0.3 is 0 Å². The molecule has 4 aromatic rings. The smallest absolute Gasteiger partial charge is 0.159 e. The third-order valence-electron chi connectivity index (χ3n) is 3.73. The van der Waals surface area contributed by atoms with E-state index in [1.165, 1.54) is 0 Å². The Morgan fingerprint density at radius 1 is 1.13 bits per heavy atom. The molecule has 0 unspecified atom stereocenters. The van der Waals surface area contributed by atoms with Crippen molar-refractivity contribution in [3.8, 4) is 17.0 Å². The van der Waals surface area contributed by atoms with Crippen LogP contribution in [0.2, 0.25) is 5.02 Å². The molecule has 0 radical (unpaired) electrons. The number of benzene rings is 1. The molecular formula is C17H13ClN4O. The minimum Gasteiger partial charge on any atom is -0.496 e. The number of nitrogens with zero attached hydrogens (tertiary/aromatic N) is 4. The van der Waals surface area contributed by atoms with Crippen molar-refractivity contribution in [2.24, 2.45) is 7.05 Å². The number of hydrogen-bond donors (Lipinski definition) is 0. The summed E-state index contributed by atoms with van der Waals surface area (Å²) >= 11 is 5.97. The molecular weight excluding hydrogens is 312 g/mol. The summed E-state index contributed by atoms with van der Waals surface area (Å²) in [5.41, 5.74) is 3.25. The van der Waals surface area contributed by atoms with Crippen LogP contribution in [-0.2, 0) is 7.05 Å². The lowest BCUT2D eigenvalue weighted by atomic mass is 10.1. The van der Waals surface area contributed by atoms with E-state index in [1.807, 2.05) is 43.6 Å². The van der Waals surface area contributed by atoms with Gasteiger partial charge in [-0.2, -0.15) is 5.10 Å². The Bertz CT molecular complexity index is 1040. The van der Waals surface area contributed by atoms with Crippen LogP contribution >= 0.6 is 11.6 Å². The van der Waals surface area contributed by atoms with Crippen LogP contribution in [0, 0.1) is 0 Å². The van der Waals surface area contributed by atoms with E-state index in [2.05, 4.69) is 15.1 Å². The number of halogens is 1. The average molecular weight is 325 g/mol. The molecule has 6 heteroatoms. The first kappa shape index (κ1) is 14.0. The number of aryl methyl sites for hydroxylation is 1. The number of methoxy groups -OCH3 is 1. The van der Waals surface area contributed by atoms with Crippen molar-refractivity contribution in [3.05, 3.63) is 47.7 Å². The molecule has 0 fully saturated rings. The summed E-state index contributed by atoms with van der Waals surface area (Å²) in [6.07, 6.45) is 3.57. The SMILES string of the molecule is COc1cc2nn(C)cc2cc1-c1ccc2cc(Cl)cnc2n1. The molecule has 23 heavy (non-hydrogen) atoms. The number of pyridine rings is 2. The zero-order valence-corrected chi connectivity index (χ0v) is 13.4. The van der Waals surface area contributed by atoms with E-state index in [4.69, 9.17) is 16.3 Å². The first-order valence-corrected chi connectivity index (χ1v) is 7.46. The zero-order valence-electron chi connectivity index (χ0n) is 12.6. The van der Waals surface area contributed by atoms with E-state index >= 15 is 0 Å². The number of ether oxygens (including phenoxy) is 1. The molecule has 3 heterocycles. The summed E-state index contributed by atoms with van der Waals surface area (Å²) in [7, 11) is 3.54. The van der Waals surface area contributed by atoms with Gasteiger partial charge in [0.15, 0.2) is 5.65 Å². The number of rotatable bonds is 2. The van der Waals surface area contributed by atoms with E-state index in [9.17, 15) is 0 Å². The van der Waals surface area contributed by atoms with E-state index in [0.717, 1.165) is 33.3 Å². The van der Waals surface area contributed by atoms with Crippen molar-refractivity contribution >= 4 is 33.5 Å². The van der Waals surface area contributed by atoms with Crippen LogP contribution in [0.3, 0.4) is 0 Å². The molecule has 0 spiro atoms. The monoisotopic (exact) mass is 324 g/mol. The summed E-state index contributed by atoms with van der Waals surface area (Å²) in [5.74, 6) is 0.733. The lowest BCUT2D eigenvalue weighted by Crippen LogP contribution is -1.92. The summed E-state index contributed by atoms with van der Waals surface area (Å²) in [5, 5.41) is 6.95. The van der Waals surface area contributed by atoms with Crippen LogP contribution in [0.5, 0.6) is 5.75 Å². The summed E-state index contributed by atoms with van der Waals surface area (Å²) < 4.78 is 7.30. The minimum absolute atomic E-state index is 0.599. The largest absolute Gasteiger partial charge is 0.496 e. The third-order valence-corrected chi connectivity index (χ3v) is 3.93. The highest BCUT2D eigenvalue weighted by Crippen LogP contribution is 2.33. The van der Waals surface area contributed by atoms with E-state index < -0.39 is 0 Å². The fourth-order valence-corrected chi connectivity index (χ4v) is 2.85. The molecule has 114 valence electrons. The first-order chi connectivity index (χ1) is 11.1. The van der Waals surface area contributed by atoms with Gasteiger partial charge in [-0.15, -0.1) is 0 Å². The van der Waals surface area contributed by atoms with Gasteiger partial charge in [0.1, 0.15) is 5.75 Å². The standard InChI is InChI=1S/C17H13ClN4O/c1-22-9-11-6-13(16(23-2)7-15(11)21-22)14-4-3-10-5-12(18)8-19-17(10)20-14/h3-9H,1-2H3. The predicted molar refractivity (Wildman–Crippen MR) is 90.8 cm³/mol. The van der Waals surface area contributed by atoms with Crippen LogP contribution in [0.15, 0.2) is 42.7 Å². The molecule has 0 N–H and O–H groups in total. The van der Waals surface area contributed by atoms with Crippen molar-refractivity contribution in [2.45, 2.75) is 0 Å². The van der Waals surface area contributed by atoms with Gasteiger partial charge in [0, 0.05) is 41.8 Å². The molecule has 1 aromatic carbocycles. The molecule has 0 aliphatic rings. The van der Waals surface area contributed by atoms with Crippen molar-refractivity contribution in [1.82, 2.24) is 19.7 Å². The van der Waals surface area contributed by atoms with Gasteiger partial charge in [-0.25, -0.2) is 9.97 Å². The summed E-state index contributed by atoms with van der Waals surface area (Å²) in [6.45, 7) is 0. The fourth-order valence-electron chi connectivity index (χ4n) is 2.68. The second-order valence-electron chi connectivity index (χ2n) is 5.31. The highest BCUT2D eigenvalue weighted by molar-refractivity contribution is 6.31. The van der Waals surface area contributed by atoms with Crippen molar-refractivity contribution < 1.29 is 4.74 Å². The molecule has 3 aromatic heterocycles. The van der Waals surface area contributed by atoms with Gasteiger partial charge in [0.2, 0.25) is 0 Å². The lowest BCUT2D eigenvalue weighted by molar-refractivity contribution is 0.417. The normalized spacial score (nSPS) is 11.3. The Balaban J connectivity index is 1.94. The van der Waals surface area contributed by atoms with Crippen LogP contribution in [0.1, 0.15) is 0 Å². The van der Waals surface area contributed by atoms with Gasteiger partial charge in [0.05, 0.1) is 23.3 Å². The second-order valence-corrected chi connectivity index (χ2v) is 5.75. The lowest BCUT2D eigenvalue weighted by Gasteiger charge is -2.09. The van der Waals surface area contributed by atoms with Crippen LogP contribution in [0.25, 0.3) is 33.2 Å². The predicted octanol–water partition coefficient (Wildman–Crippen LogP) is 3.85. The Morgan fingerprint density at radius 2 is 2.00 bits per heavy atom. The van der Waals surface area contributed by atoms with E-state index in [-0.39, 0.29) is 0 Å². The maximum absolute atomic E-state index is 5.97. The number of hydrogen-bond acceptors (Lipinski definition) is 4. The summed E-state index contributed by atoms with van der Waals surface area (Å²) in [6, 6.07) is 9.71. The van der Waals surface area contributed by atoms with Gasteiger partial charge in [-0.3, -0.25) is 4.68 Å². The molecule has 0 amide bonds. The van der Waals surface area contributed by atoms with E-state index in [1.54, 1.807) is 18.0 Å². The van der Waals surface area contributed by atoms with Crippen molar-refractivity contribution in [3.63, 3.8) is 0 Å². The highest BCUT2D eigenvalue weighted by atomic mass is 35.5. The fraction of sp³-hybridized carbons (Fsp3) is 0.118. The molecule has 0 atom stereocenters. The molecule has 4 rings (SSSR count). The maximum Gasteiger partial charge on any atom is 0.159 e. The van der Waals surface area contributed by atoms with Crippen LogP contribution in [0.4, 0.5) is 0 Å². The average Bonchev–Trinajstić information content (AvgIpc) is 2.92. The zero-order chi connectivity index (χ0) is 16.0. The quantitative estimate of drug-likeness (QED) is 0.562. The van der Waals surface area contributed by atoms with Gasteiger partial charge in [-0.05, 0) is 24.3 Å². The molecule has 5 nitrogen and oxygen atoms in total. The van der Waals surface area contributed by atoms with Crippen molar-refractivity contribution in [2.75, 3.05) is 7.11 Å². The second kappa shape index (κ2) is 5.21. The molecule has 0 saturated heterocycles. The number of fused-ring (bicyclic) bond motifs is 2. The maximum atomic E-state index is 5.97. The van der Waals surface area contributed by atoms with E-state index in [0.29, 0.717) is 10.7 Å². The first-order valence-electron chi connectivity index (χ1n) is 7.08. The Hall–Kier alpha value is -2.66. The third kappa shape index (κ3) is 2.39. The van der Waals surface area contributed by atoms with Gasteiger partial charge in [0.25, 0.3) is 0 Å². The molecule has 0 saturated carbocycles. The molecule has 0 aliphatic heterocycles. The van der Waals surface area contributed by atoms with Gasteiger partial charge < -0.3 is 4.74 Å². The molecule has 0 bridgehead atoms. The van der Waals surface area contributed by atoms with Gasteiger partial charge in [-0.1, -0.05) is 11.6 Å². The number of aromatic nitrogens is 4. The highest BCUT2D eigenvalue weighted by Gasteiger charge is 2.12. The topological polar surface area (TPSA) is 52.8 Å². The Kier molecular flexibility index (Phi) is 3.16. The van der Waals surface area contributed by atoms with Crippen molar-refractivity contribution in [1.29, 1.82) is 0 Å². The minimum atomic E-state index is 0.599. The Morgan fingerprint density at radius 3 is 2.83 bits per heavy atom. The Labute approximate surface area is 137 Å². The van der Waals surface area contributed by atoms with Crippen LogP contribution < -0.4 is 4.74 Å². The molecule has 0 aliphatic carbocycles. The van der Waals surface area contributed by atoms with Crippen LogP contribution in [-0.4, -0.2) is 26.9 Å².